The summed E-state index contributed by atoms with van der Waals surface area (Å²) >= 11 is 0. The minimum absolute atomic E-state index is 0.0482. The Kier molecular flexibility index (Phi) is 7.21. The first-order chi connectivity index (χ1) is 20.3. The molecule has 12 heteroatoms. The number of hydrogen-bond donors (Lipinski definition) is 2. The second kappa shape index (κ2) is 11.1. The van der Waals surface area contributed by atoms with Gasteiger partial charge in [0.2, 0.25) is 5.43 Å². The maximum absolute atomic E-state index is 13.5. The highest BCUT2D eigenvalue weighted by Crippen LogP contribution is 2.33. The standard InChI is InChI=1S/C30H29FN8O3/c1-17(2)13-38-14-23(18-3-7-20(31)8-4-18)27(40)26(36-38)30(41)35-21-9-5-19(6-10-21)25-24-28(32)33-16-34-29(24)39(37-25)22-11-12-42-15-22/h3-10,14,16-17,22H,11-13,15H2,1-2H3,(H,35,41)(H2,32,33,34). The Balaban J connectivity index is 1.31. The first-order valence-electron chi connectivity index (χ1n) is 13.6. The number of fused-ring (bicyclic) bond motifs is 1. The number of anilines is 2. The summed E-state index contributed by atoms with van der Waals surface area (Å²) in [7, 11) is 0. The van der Waals surface area contributed by atoms with Gasteiger partial charge in [0.25, 0.3) is 5.91 Å². The molecule has 3 N–H and O–H groups in total. The predicted molar refractivity (Wildman–Crippen MR) is 156 cm³/mol. The first kappa shape index (κ1) is 27.2. The maximum atomic E-state index is 13.5. The van der Waals surface area contributed by atoms with E-state index >= 15 is 0 Å². The molecule has 3 aromatic heterocycles. The molecule has 1 aliphatic heterocycles. The Hall–Kier alpha value is -4.97. The van der Waals surface area contributed by atoms with Crippen LogP contribution in [-0.4, -0.2) is 48.6 Å². The summed E-state index contributed by atoms with van der Waals surface area (Å²) < 4.78 is 22.5. The van der Waals surface area contributed by atoms with E-state index in [9.17, 15) is 14.0 Å². The van der Waals surface area contributed by atoms with E-state index in [2.05, 4.69) is 20.4 Å². The molecule has 0 aliphatic carbocycles. The Labute approximate surface area is 240 Å². The summed E-state index contributed by atoms with van der Waals surface area (Å²) in [5.74, 6) is -0.533. The molecule has 0 spiro atoms. The van der Waals surface area contributed by atoms with E-state index in [1.54, 1.807) is 35.1 Å². The Morgan fingerprint density at radius 3 is 2.52 bits per heavy atom. The monoisotopic (exact) mass is 568 g/mol. The molecule has 1 atom stereocenters. The number of aromatic nitrogens is 6. The SMILES string of the molecule is CC(C)Cn1cc(-c2ccc(F)cc2)c(=O)c(C(=O)Nc2ccc(-c3nn(C4CCOC4)c4ncnc(N)c34)cc2)n1. The molecular formula is C30H29FN8O3. The van der Waals surface area contributed by atoms with Crippen molar-refractivity contribution in [2.45, 2.75) is 32.9 Å². The van der Waals surface area contributed by atoms with E-state index in [1.165, 1.54) is 30.6 Å². The lowest BCUT2D eigenvalue weighted by Crippen LogP contribution is -2.28. The highest BCUT2D eigenvalue weighted by molar-refractivity contribution is 6.03. The number of hydrogen-bond acceptors (Lipinski definition) is 8. The molecule has 1 fully saturated rings. The smallest absolute Gasteiger partial charge is 0.280 e. The Morgan fingerprint density at radius 2 is 1.83 bits per heavy atom. The molecule has 42 heavy (non-hydrogen) atoms. The number of ether oxygens (including phenoxy) is 1. The van der Waals surface area contributed by atoms with E-state index in [0.29, 0.717) is 53.6 Å². The topological polar surface area (TPSA) is 143 Å². The van der Waals surface area contributed by atoms with Crippen molar-refractivity contribution in [3.63, 3.8) is 0 Å². The predicted octanol–water partition coefficient (Wildman–Crippen LogP) is 4.31. The zero-order valence-electron chi connectivity index (χ0n) is 23.1. The molecule has 11 nitrogen and oxygen atoms in total. The van der Waals surface area contributed by atoms with E-state index in [0.717, 1.165) is 12.0 Å². The molecule has 2 aromatic carbocycles. The molecule has 1 aliphatic rings. The fourth-order valence-electron chi connectivity index (χ4n) is 5.06. The lowest BCUT2D eigenvalue weighted by atomic mass is 10.1. The van der Waals surface area contributed by atoms with Gasteiger partial charge < -0.3 is 15.8 Å². The van der Waals surface area contributed by atoms with E-state index in [1.807, 2.05) is 18.5 Å². The fraction of sp³-hybridized carbons (Fsp3) is 0.267. The third-order valence-corrected chi connectivity index (χ3v) is 7.07. The van der Waals surface area contributed by atoms with Crippen molar-refractivity contribution in [2.24, 2.45) is 5.92 Å². The van der Waals surface area contributed by atoms with Crippen LogP contribution in [0.15, 0.2) is 65.8 Å². The van der Waals surface area contributed by atoms with Crippen molar-refractivity contribution in [1.82, 2.24) is 29.5 Å². The Morgan fingerprint density at radius 1 is 1.10 bits per heavy atom. The first-order valence-corrected chi connectivity index (χ1v) is 13.6. The van der Waals surface area contributed by atoms with Crippen LogP contribution in [0.4, 0.5) is 15.9 Å². The number of nitrogen functional groups attached to an aromatic ring is 1. The van der Waals surface area contributed by atoms with Crippen LogP contribution in [-0.2, 0) is 11.3 Å². The molecule has 6 rings (SSSR count). The van der Waals surface area contributed by atoms with Gasteiger partial charge in [-0.3, -0.25) is 14.3 Å². The van der Waals surface area contributed by atoms with Gasteiger partial charge >= 0.3 is 0 Å². The van der Waals surface area contributed by atoms with Gasteiger partial charge in [-0.25, -0.2) is 19.0 Å². The van der Waals surface area contributed by atoms with E-state index in [-0.39, 0.29) is 23.2 Å². The van der Waals surface area contributed by atoms with Gasteiger partial charge in [0, 0.05) is 36.2 Å². The van der Waals surface area contributed by atoms with Crippen LogP contribution >= 0.6 is 0 Å². The van der Waals surface area contributed by atoms with Crippen LogP contribution in [0.3, 0.4) is 0 Å². The molecule has 4 heterocycles. The molecule has 1 amide bonds. The third kappa shape index (κ3) is 5.23. The number of nitrogens with two attached hydrogens (primary N) is 1. The average Bonchev–Trinajstić information content (AvgIpc) is 3.64. The van der Waals surface area contributed by atoms with E-state index < -0.39 is 17.2 Å². The van der Waals surface area contributed by atoms with Crippen molar-refractivity contribution in [1.29, 1.82) is 0 Å². The summed E-state index contributed by atoms with van der Waals surface area (Å²) in [5.41, 5.74) is 8.68. The highest BCUT2D eigenvalue weighted by atomic mass is 19.1. The molecule has 1 saturated heterocycles. The molecule has 0 saturated carbocycles. The lowest BCUT2D eigenvalue weighted by Gasteiger charge is -2.13. The summed E-state index contributed by atoms with van der Waals surface area (Å²) in [6, 6.07) is 12.7. The maximum Gasteiger partial charge on any atom is 0.280 e. The molecule has 0 bridgehead atoms. The Bertz CT molecular complexity index is 1830. The van der Waals surface area contributed by atoms with E-state index in [4.69, 9.17) is 15.6 Å². The normalized spacial score (nSPS) is 15.0. The number of rotatable bonds is 7. The van der Waals surface area contributed by atoms with Crippen LogP contribution in [0.5, 0.6) is 0 Å². The number of carbonyl (C=O) groups excluding carboxylic acids is 1. The van der Waals surface area contributed by atoms with Crippen LogP contribution in [0.25, 0.3) is 33.4 Å². The number of nitrogens with one attached hydrogen (secondary N) is 1. The number of nitrogens with zero attached hydrogens (tertiary/aromatic N) is 6. The zero-order valence-corrected chi connectivity index (χ0v) is 23.1. The van der Waals surface area contributed by atoms with Gasteiger partial charge in [-0.05, 0) is 42.2 Å². The molecule has 214 valence electrons. The van der Waals surface area contributed by atoms with Crippen LogP contribution in [0.2, 0.25) is 0 Å². The van der Waals surface area contributed by atoms with Crippen molar-refractivity contribution >= 4 is 28.4 Å². The molecule has 0 radical (unpaired) electrons. The number of halogens is 1. The van der Waals surface area contributed by atoms with Gasteiger partial charge in [-0.15, -0.1) is 0 Å². The summed E-state index contributed by atoms with van der Waals surface area (Å²) in [5, 5.41) is 12.6. The van der Waals surface area contributed by atoms with Crippen LogP contribution in [0, 0.1) is 11.7 Å². The molecular weight excluding hydrogens is 539 g/mol. The number of carbonyl (C=O) groups is 1. The minimum atomic E-state index is -0.650. The minimum Gasteiger partial charge on any atom is -0.383 e. The quantitative estimate of drug-likeness (QED) is 0.296. The van der Waals surface area contributed by atoms with Crippen LogP contribution < -0.4 is 16.5 Å². The van der Waals surface area contributed by atoms with Crippen LogP contribution in [0.1, 0.15) is 36.8 Å². The lowest BCUT2D eigenvalue weighted by molar-refractivity contribution is 0.101. The largest absolute Gasteiger partial charge is 0.383 e. The fourth-order valence-corrected chi connectivity index (χ4v) is 5.06. The van der Waals surface area contributed by atoms with Gasteiger partial charge in [0.15, 0.2) is 11.3 Å². The summed E-state index contributed by atoms with van der Waals surface area (Å²) in [4.78, 5) is 35.3. The van der Waals surface area contributed by atoms with Crippen molar-refractivity contribution < 1.29 is 13.9 Å². The third-order valence-electron chi connectivity index (χ3n) is 7.07. The molecule has 1 unspecified atom stereocenters. The zero-order chi connectivity index (χ0) is 29.4. The number of amides is 1. The highest BCUT2D eigenvalue weighted by Gasteiger charge is 2.25. The second-order valence-corrected chi connectivity index (χ2v) is 10.6. The number of benzene rings is 2. The van der Waals surface area contributed by atoms with Gasteiger partial charge in [0.05, 0.1) is 18.0 Å². The van der Waals surface area contributed by atoms with Gasteiger partial charge in [-0.1, -0.05) is 38.1 Å². The van der Waals surface area contributed by atoms with Crippen molar-refractivity contribution in [3.8, 4) is 22.4 Å². The second-order valence-electron chi connectivity index (χ2n) is 10.6. The van der Waals surface area contributed by atoms with Crippen molar-refractivity contribution in [3.05, 3.63) is 82.8 Å². The molecule has 5 aromatic rings. The average molecular weight is 569 g/mol. The summed E-state index contributed by atoms with van der Waals surface area (Å²) in [6.07, 6.45) is 3.83. The van der Waals surface area contributed by atoms with Gasteiger partial charge in [0.1, 0.15) is 23.7 Å². The summed E-state index contributed by atoms with van der Waals surface area (Å²) in [6.45, 7) is 5.70. The van der Waals surface area contributed by atoms with Gasteiger partial charge in [-0.2, -0.15) is 10.2 Å². The van der Waals surface area contributed by atoms with Crippen molar-refractivity contribution in [2.75, 3.05) is 24.3 Å².